The van der Waals surface area contributed by atoms with Crippen molar-refractivity contribution >= 4 is 27.7 Å². The Balaban J connectivity index is 2.32. The number of nitrogens with one attached hydrogen (secondary N) is 2. The lowest BCUT2D eigenvalue weighted by Gasteiger charge is -2.32. The van der Waals surface area contributed by atoms with E-state index in [2.05, 4.69) is 10.6 Å². The molecule has 192 valence electrons. The standard InChI is InChI=1S/C25H35N3O6S/c1-8-17(2)28(24(30)27-25(4,5)6)16-19-9-14-22(33-7)23(15-19)34-35(31,32)21-12-10-20(11-13-21)26-18(3)29/h9-15,17H,8,16H2,1-7H3,(H,26,29)(H,27,30)/t17-/m0/s1. The Kier molecular flexibility index (Phi) is 9.14. The molecular formula is C25H35N3O6S. The van der Waals surface area contributed by atoms with Crippen molar-refractivity contribution in [3.63, 3.8) is 0 Å². The summed E-state index contributed by atoms with van der Waals surface area (Å²) < 4.78 is 36.6. The largest absolute Gasteiger partial charge is 0.493 e. The van der Waals surface area contributed by atoms with Crippen LogP contribution >= 0.6 is 0 Å². The molecule has 0 aliphatic heterocycles. The van der Waals surface area contributed by atoms with Crippen LogP contribution in [-0.2, 0) is 21.5 Å². The van der Waals surface area contributed by atoms with Crippen LogP contribution in [0.15, 0.2) is 47.4 Å². The van der Waals surface area contributed by atoms with E-state index in [1.54, 1.807) is 23.1 Å². The molecule has 0 aromatic heterocycles. The second-order valence-electron chi connectivity index (χ2n) is 9.29. The number of rotatable bonds is 9. The Morgan fingerprint density at radius 3 is 2.20 bits per heavy atom. The van der Waals surface area contributed by atoms with Crippen LogP contribution in [0.4, 0.5) is 10.5 Å². The van der Waals surface area contributed by atoms with Gasteiger partial charge >= 0.3 is 16.1 Å². The quantitative estimate of drug-likeness (QED) is 0.484. The zero-order valence-electron chi connectivity index (χ0n) is 21.3. The van der Waals surface area contributed by atoms with Gasteiger partial charge in [0.25, 0.3) is 0 Å². The van der Waals surface area contributed by atoms with E-state index in [4.69, 9.17) is 8.92 Å². The fraction of sp³-hybridized carbons (Fsp3) is 0.440. The predicted octanol–water partition coefficient (Wildman–Crippen LogP) is 4.53. The monoisotopic (exact) mass is 505 g/mol. The Hall–Kier alpha value is -3.27. The molecule has 9 nitrogen and oxygen atoms in total. The number of anilines is 1. The molecule has 0 aliphatic rings. The molecule has 0 heterocycles. The molecule has 3 amide bonds. The smallest absolute Gasteiger partial charge is 0.339 e. The van der Waals surface area contributed by atoms with Gasteiger partial charge in [-0.15, -0.1) is 0 Å². The van der Waals surface area contributed by atoms with Gasteiger partial charge in [0.05, 0.1) is 7.11 Å². The van der Waals surface area contributed by atoms with Crippen LogP contribution < -0.4 is 19.6 Å². The van der Waals surface area contributed by atoms with E-state index in [0.29, 0.717) is 11.3 Å². The lowest BCUT2D eigenvalue weighted by Crippen LogP contribution is -2.50. The molecule has 0 unspecified atom stereocenters. The van der Waals surface area contributed by atoms with Crippen molar-refractivity contribution in [1.82, 2.24) is 10.2 Å². The zero-order chi connectivity index (χ0) is 26.4. The van der Waals surface area contributed by atoms with Gasteiger partial charge in [0.15, 0.2) is 11.5 Å². The summed E-state index contributed by atoms with van der Waals surface area (Å²) in [6, 6.07) is 10.3. The maximum absolute atomic E-state index is 12.9. The van der Waals surface area contributed by atoms with E-state index in [-0.39, 0.29) is 40.9 Å². The SMILES string of the molecule is CC[C@H](C)N(Cc1ccc(OC)c(OS(=O)(=O)c2ccc(NC(C)=O)cc2)c1)C(=O)NC(C)(C)C. The number of hydrogen-bond donors (Lipinski definition) is 2. The van der Waals surface area contributed by atoms with Crippen molar-refractivity contribution in [3.05, 3.63) is 48.0 Å². The van der Waals surface area contributed by atoms with E-state index >= 15 is 0 Å². The van der Waals surface area contributed by atoms with Crippen molar-refractivity contribution < 1.29 is 26.9 Å². The molecule has 0 radical (unpaired) electrons. The number of nitrogens with zero attached hydrogens (tertiary/aromatic N) is 1. The molecular weight excluding hydrogens is 470 g/mol. The summed E-state index contributed by atoms with van der Waals surface area (Å²) in [4.78, 5) is 25.7. The van der Waals surface area contributed by atoms with E-state index in [9.17, 15) is 18.0 Å². The van der Waals surface area contributed by atoms with Crippen LogP contribution in [0, 0.1) is 0 Å². The molecule has 35 heavy (non-hydrogen) atoms. The first kappa shape index (κ1) is 28.0. The van der Waals surface area contributed by atoms with Crippen LogP contribution in [-0.4, -0.2) is 43.9 Å². The maximum Gasteiger partial charge on any atom is 0.339 e. The van der Waals surface area contributed by atoms with Gasteiger partial charge in [0.1, 0.15) is 4.90 Å². The topological polar surface area (TPSA) is 114 Å². The lowest BCUT2D eigenvalue weighted by atomic mass is 10.1. The third-order valence-corrected chi connectivity index (χ3v) is 6.36. The Labute approximate surface area is 207 Å². The average Bonchev–Trinajstić information content (AvgIpc) is 2.75. The number of methoxy groups -OCH3 is 1. The van der Waals surface area contributed by atoms with Crippen LogP contribution in [0.2, 0.25) is 0 Å². The highest BCUT2D eigenvalue weighted by Crippen LogP contribution is 2.32. The third kappa shape index (κ3) is 8.17. The van der Waals surface area contributed by atoms with Crippen LogP contribution in [0.5, 0.6) is 11.5 Å². The van der Waals surface area contributed by atoms with Crippen molar-refractivity contribution in [2.24, 2.45) is 0 Å². The molecule has 0 aliphatic carbocycles. The second-order valence-corrected chi connectivity index (χ2v) is 10.8. The summed E-state index contributed by atoms with van der Waals surface area (Å²) in [7, 11) is -2.77. The molecule has 0 saturated heterocycles. The Bertz CT molecular complexity index is 1140. The summed E-state index contributed by atoms with van der Waals surface area (Å²) >= 11 is 0. The van der Waals surface area contributed by atoms with Gasteiger partial charge in [0.2, 0.25) is 5.91 Å². The minimum atomic E-state index is -4.18. The lowest BCUT2D eigenvalue weighted by molar-refractivity contribution is -0.114. The Morgan fingerprint density at radius 2 is 1.69 bits per heavy atom. The van der Waals surface area contributed by atoms with Crippen molar-refractivity contribution in [3.8, 4) is 11.5 Å². The van der Waals surface area contributed by atoms with Crippen LogP contribution in [0.1, 0.15) is 53.5 Å². The first-order chi connectivity index (χ1) is 16.3. The van der Waals surface area contributed by atoms with Crippen LogP contribution in [0.3, 0.4) is 0 Å². The summed E-state index contributed by atoms with van der Waals surface area (Å²) in [5.41, 5.74) is 0.747. The summed E-state index contributed by atoms with van der Waals surface area (Å²) in [6.07, 6.45) is 0.750. The van der Waals surface area contributed by atoms with E-state index < -0.39 is 15.7 Å². The molecule has 0 spiro atoms. The van der Waals surface area contributed by atoms with Crippen molar-refractivity contribution in [1.29, 1.82) is 0 Å². The van der Waals surface area contributed by atoms with Gasteiger partial charge in [0, 0.05) is 30.7 Å². The minimum Gasteiger partial charge on any atom is -0.493 e. The highest BCUT2D eigenvalue weighted by atomic mass is 32.2. The molecule has 0 fully saturated rings. The van der Waals surface area contributed by atoms with E-state index in [1.807, 2.05) is 34.6 Å². The van der Waals surface area contributed by atoms with Crippen molar-refractivity contribution in [2.75, 3.05) is 12.4 Å². The fourth-order valence-corrected chi connectivity index (χ4v) is 4.13. The number of carbonyl (C=O) groups is 2. The molecule has 0 bridgehead atoms. The number of carbonyl (C=O) groups excluding carboxylic acids is 2. The first-order valence-corrected chi connectivity index (χ1v) is 12.7. The number of urea groups is 1. The molecule has 2 rings (SSSR count). The maximum atomic E-state index is 12.9. The minimum absolute atomic E-state index is 0.0104. The third-order valence-electron chi connectivity index (χ3n) is 5.11. The predicted molar refractivity (Wildman–Crippen MR) is 135 cm³/mol. The number of benzene rings is 2. The van der Waals surface area contributed by atoms with Crippen LogP contribution in [0.25, 0.3) is 0 Å². The molecule has 0 saturated carbocycles. The molecule has 1 atom stereocenters. The van der Waals surface area contributed by atoms with E-state index in [0.717, 1.165) is 6.42 Å². The molecule has 2 aromatic rings. The van der Waals surface area contributed by atoms with Crippen molar-refractivity contribution in [2.45, 2.75) is 71.0 Å². The first-order valence-electron chi connectivity index (χ1n) is 11.3. The van der Waals surface area contributed by atoms with Gasteiger partial charge in [-0.05, 0) is 76.1 Å². The van der Waals surface area contributed by atoms with Gasteiger partial charge in [-0.1, -0.05) is 13.0 Å². The normalized spacial score (nSPS) is 12.4. The summed E-state index contributed by atoms with van der Waals surface area (Å²) in [5.74, 6) is -0.0151. The van der Waals surface area contributed by atoms with Gasteiger partial charge in [-0.25, -0.2) is 4.79 Å². The molecule has 2 N–H and O–H groups in total. The molecule has 10 heteroatoms. The average molecular weight is 506 g/mol. The highest BCUT2D eigenvalue weighted by Gasteiger charge is 2.25. The Morgan fingerprint density at radius 1 is 1.06 bits per heavy atom. The fourth-order valence-electron chi connectivity index (χ4n) is 3.20. The number of hydrogen-bond acceptors (Lipinski definition) is 6. The number of ether oxygens (including phenoxy) is 1. The van der Waals surface area contributed by atoms with E-state index in [1.165, 1.54) is 38.3 Å². The summed E-state index contributed by atoms with van der Waals surface area (Å²) in [6.45, 7) is 11.3. The highest BCUT2D eigenvalue weighted by molar-refractivity contribution is 7.87. The number of amides is 3. The second kappa shape index (κ2) is 11.4. The van der Waals surface area contributed by atoms with Gasteiger partial charge in [-0.2, -0.15) is 8.42 Å². The molecule has 2 aromatic carbocycles. The summed E-state index contributed by atoms with van der Waals surface area (Å²) in [5, 5.41) is 5.56. The zero-order valence-corrected chi connectivity index (χ0v) is 22.2. The van der Waals surface area contributed by atoms with Gasteiger partial charge < -0.3 is 24.5 Å². The van der Waals surface area contributed by atoms with Gasteiger partial charge in [-0.3, -0.25) is 4.79 Å².